The first-order valence-electron chi connectivity index (χ1n) is 14.5. The van der Waals surface area contributed by atoms with E-state index in [1.54, 1.807) is 0 Å². The Bertz CT molecular complexity index is 482. The Morgan fingerprint density at radius 2 is 1.09 bits per heavy atom. The fourth-order valence-corrected chi connectivity index (χ4v) is 4.84. The van der Waals surface area contributed by atoms with Crippen LogP contribution in [0.5, 0.6) is 0 Å². The highest BCUT2D eigenvalue weighted by Gasteiger charge is 2.31. The van der Waals surface area contributed by atoms with Crippen LogP contribution in [0.4, 0.5) is 0 Å². The Kier molecular flexibility index (Phi) is 18.5. The van der Waals surface area contributed by atoms with Crippen molar-refractivity contribution >= 4 is 11.9 Å². The molecule has 0 saturated heterocycles. The Balaban J connectivity index is 2.03. The molecule has 0 aromatic rings. The topological polar surface area (TPSA) is 52.6 Å². The van der Waals surface area contributed by atoms with Gasteiger partial charge >= 0.3 is 11.9 Å². The second kappa shape index (κ2) is 20.3. The van der Waals surface area contributed by atoms with Crippen molar-refractivity contribution in [1.82, 2.24) is 0 Å². The molecule has 0 amide bonds. The molecular weight excluding hydrogens is 412 g/mol. The molecule has 1 atom stereocenters. The minimum absolute atomic E-state index is 0.0327. The van der Waals surface area contributed by atoms with Crippen molar-refractivity contribution < 1.29 is 19.1 Å². The van der Waals surface area contributed by atoms with Gasteiger partial charge in [-0.15, -0.1) is 0 Å². The highest BCUT2D eigenvalue weighted by atomic mass is 16.5. The molecule has 0 spiro atoms. The third kappa shape index (κ3) is 14.7. The van der Waals surface area contributed by atoms with E-state index < -0.39 is 0 Å². The van der Waals surface area contributed by atoms with Crippen LogP contribution >= 0.6 is 0 Å². The maximum absolute atomic E-state index is 12.4. The standard InChI is InChI=1S/C29H54O4/c1-4-7-9-10-11-12-13-14-15-16-17-23-32-28(30)26-19-21-27(22-20-26)29(31)33-24-25(6-3)18-8-5-2/h25-27H,4-24H2,1-3H3. The summed E-state index contributed by atoms with van der Waals surface area (Å²) in [6.07, 6.45) is 21.9. The zero-order chi connectivity index (χ0) is 24.2. The number of rotatable bonds is 20. The lowest BCUT2D eigenvalue weighted by molar-refractivity contribution is -0.156. The van der Waals surface area contributed by atoms with Gasteiger partial charge < -0.3 is 9.47 Å². The molecule has 4 heteroatoms. The summed E-state index contributed by atoms with van der Waals surface area (Å²) in [6.45, 7) is 7.73. The van der Waals surface area contributed by atoms with Crippen LogP contribution < -0.4 is 0 Å². The van der Waals surface area contributed by atoms with Crippen LogP contribution in [0.3, 0.4) is 0 Å². The molecular formula is C29H54O4. The van der Waals surface area contributed by atoms with Gasteiger partial charge in [-0.25, -0.2) is 0 Å². The lowest BCUT2D eigenvalue weighted by Crippen LogP contribution is -2.29. The van der Waals surface area contributed by atoms with E-state index >= 15 is 0 Å². The van der Waals surface area contributed by atoms with Gasteiger partial charge in [-0.3, -0.25) is 9.59 Å². The zero-order valence-corrected chi connectivity index (χ0v) is 22.2. The highest BCUT2D eigenvalue weighted by molar-refractivity contribution is 5.75. The Morgan fingerprint density at radius 1 is 0.636 bits per heavy atom. The van der Waals surface area contributed by atoms with Gasteiger partial charge in [-0.05, 0) is 44.4 Å². The van der Waals surface area contributed by atoms with E-state index in [1.807, 2.05) is 0 Å². The molecule has 1 unspecified atom stereocenters. The minimum atomic E-state index is -0.0577. The fourth-order valence-electron chi connectivity index (χ4n) is 4.84. The first-order valence-corrected chi connectivity index (χ1v) is 14.5. The van der Waals surface area contributed by atoms with Gasteiger partial charge in [0.05, 0.1) is 25.0 Å². The summed E-state index contributed by atoms with van der Waals surface area (Å²) in [4.78, 5) is 24.8. The molecule has 4 nitrogen and oxygen atoms in total. The van der Waals surface area contributed by atoms with Gasteiger partial charge in [0.15, 0.2) is 0 Å². The van der Waals surface area contributed by atoms with Crippen LogP contribution in [0.1, 0.15) is 143 Å². The minimum Gasteiger partial charge on any atom is -0.465 e. The predicted molar refractivity (Wildman–Crippen MR) is 137 cm³/mol. The van der Waals surface area contributed by atoms with Crippen LogP contribution in [0.15, 0.2) is 0 Å². The molecule has 0 heterocycles. The molecule has 0 aromatic carbocycles. The van der Waals surface area contributed by atoms with Crippen molar-refractivity contribution in [3.05, 3.63) is 0 Å². The van der Waals surface area contributed by atoms with Crippen LogP contribution in [0.2, 0.25) is 0 Å². The normalized spacial score (nSPS) is 19.2. The lowest BCUT2D eigenvalue weighted by atomic mass is 9.82. The van der Waals surface area contributed by atoms with Gasteiger partial charge in [0.25, 0.3) is 0 Å². The molecule has 194 valence electrons. The predicted octanol–water partition coefficient (Wildman–Crippen LogP) is 8.41. The Labute approximate surface area is 205 Å². The van der Waals surface area contributed by atoms with E-state index in [2.05, 4.69) is 20.8 Å². The van der Waals surface area contributed by atoms with E-state index in [1.165, 1.54) is 70.6 Å². The third-order valence-electron chi connectivity index (χ3n) is 7.39. The molecule has 1 fully saturated rings. The molecule has 0 aliphatic heterocycles. The van der Waals surface area contributed by atoms with E-state index in [0.717, 1.165) is 51.4 Å². The molecule has 0 aromatic heterocycles. The molecule has 33 heavy (non-hydrogen) atoms. The molecule has 1 saturated carbocycles. The monoisotopic (exact) mass is 466 g/mol. The molecule has 1 aliphatic rings. The van der Waals surface area contributed by atoms with Gasteiger partial charge in [0.1, 0.15) is 0 Å². The summed E-state index contributed by atoms with van der Waals surface area (Å²) >= 11 is 0. The summed E-state index contributed by atoms with van der Waals surface area (Å²) in [7, 11) is 0. The largest absolute Gasteiger partial charge is 0.465 e. The first-order chi connectivity index (χ1) is 16.1. The van der Waals surface area contributed by atoms with Crippen LogP contribution in [-0.2, 0) is 19.1 Å². The van der Waals surface area contributed by atoms with Crippen molar-refractivity contribution in [1.29, 1.82) is 0 Å². The molecule has 0 N–H and O–H groups in total. The molecule has 0 radical (unpaired) electrons. The first kappa shape index (κ1) is 30.0. The SMILES string of the molecule is CCCCCCCCCCCCCOC(=O)C1CCC(C(=O)OCC(CC)CCCC)CC1. The molecule has 1 rings (SSSR count). The smallest absolute Gasteiger partial charge is 0.308 e. The maximum atomic E-state index is 12.4. The summed E-state index contributed by atoms with van der Waals surface area (Å²) in [6, 6.07) is 0. The summed E-state index contributed by atoms with van der Waals surface area (Å²) in [5.41, 5.74) is 0. The second-order valence-electron chi connectivity index (χ2n) is 10.3. The summed E-state index contributed by atoms with van der Waals surface area (Å²) in [5, 5.41) is 0. The van der Waals surface area contributed by atoms with Crippen molar-refractivity contribution in [3.63, 3.8) is 0 Å². The van der Waals surface area contributed by atoms with Crippen LogP contribution in [0.25, 0.3) is 0 Å². The highest BCUT2D eigenvalue weighted by Crippen LogP contribution is 2.31. The Morgan fingerprint density at radius 3 is 1.58 bits per heavy atom. The average Bonchev–Trinajstić information content (AvgIpc) is 2.84. The number of carbonyl (C=O) groups excluding carboxylic acids is 2. The van der Waals surface area contributed by atoms with E-state index in [0.29, 0.717) is 19.1 Å². The number of esters is 2. The summed E-state index contributed by atoms with van der Waals surface area (Å²) < 4.78 is 11.2. The van der Waals surface area contributed by atoms with Crippen molar-refractivity contribution in [2.45, 2.75) is 143 Å². The molecule has 0 bridgehead atoms. The van der Waals surface area contributed by atoms with Crippen LogP contribution in [0, 0.1) is 17.8 Å². The van der Waals surface area contributed by atoms with Gasteiger partial charge in [0, 0.05) is 0 Å². The zero-order valence-electron chi connectivity index (χ0n) is 22.2. The second-order valence-corrected chi connectivity index (χ2v) is 10.3. The van der Waals surface area contributed by atoms with E-state index in [-0.39, 0.29) is 23.8 Å². The number of carbonyl (C=O) groups is 2. The number of hydrogen-bond donors (Lipinski definition) is 0. The van der Waals surface area contributed by atoms with E-state index in [4.69, 9.17) is 9.47 Å². The fraction of sp³-hybridized carbons (Fsp3) is 0.931. The average molecular weight is 467 g/mol. The molecule has 1 aliphatic carbocycles. The van der Waals surface area contributed by atoms with Crippen molar-refractivity contribution in [3.8, 4) is 0 Å². The van der Waals surface area contributed by atoms with Crippen molar-refractivity contribution in [2.75, 3.05) is 13.2 Å². The van der Waals surface area contributed by atoms with Crippen molar-refractivity contribution in [2.24, 2.45) is 17.8 Å². The van der Waals surface area contributed by atoms with Gasteiger partial charge in [-0.1, -0.05) is 104 Å². The maximum Gasteiger partial charge on any atom is 0.308 e. The van der Waals surface area contributed by atoms with Crippen LogP contribution in [-0.4, -0.2) is 25.2 Å². The van der Waals surface area contributed by atoms with Gasteiger partial charge in [0.2, 0.25) is 0 Å². The number of ether oxygens (including phenoxy) is 2. The third-order valence-corrected chi connectivity index (χ3v) is 7.39. The Hall–Kier alpha value is -1.06. The van der Waals surface area contributed by atoms with E-state index in [9.17, 15) is 9.59 Å². The number of hydrogen-bond acceptors (Lipinski definition) is 4. The lowest BCUT2D eigenvalue weighted by Gasteiger charge is -2.26. The number of unbranched alkanes of at least 4 members (excludes halogenated alkanes) is 11. The quantitative estimate of drug-likeness (QED) is 0.133. The summed E-state index contributed by atoms with van der Waals surface area (Å²) in [5.74, 6) is 0.298. The van der Waals surface area contributed by atoms with Gasteiger partial charge in [-0.2, -0.15) is 0 Å².